The molecule has 1 unspecified atom stereocenters. The fourth-order valence-electron chi connectivity index (χ4n) is 2.70. The maximum absolute atomic E-state index is 12.4. The molecule has 0 spiro atoms. The Morgan fingerprint density at radius 2 is 2.08 bits per heavy atom. The van der Waals surface area contributed by atoms with Crippen LogP contribution in [0.4, 0.5) is 0 Å². The molecule has 0 aliphatic rings. The van der Waals surface area contributed by atoms with E-state index in [0.717, 1.165) is 0 Å². The molecule has 1 amide bonds. The molecule has 0 aliphatic carbocycles. The van der Waals surface area contributed by atoms with E-state index >= 15 is 0 Å². The number of aryl methyl sites for hydroxylation is 1. The number of carbonyl (C=O) groups is 1. The van der Waals surface area contributed by atoms with Crippen LogP contribution in [0.25, 0.3) is 5.65 Å². The molecule has 7 nitrogen and oxygen atoms in total. The predicted octanol–water partition coefficient (Wildman–Crippen LogP) is 1.47. The molecule has 1 aromatic carbocycles. The topological polar surface area (TPSA) is 75.4 Å². The monoisotopic (exact) mass is 324 g/mol. The molecule has 0 fully saturated rings. The van der Waals surface area contributed by atoms with Gasteiger partial charge in [0, 0.05) is 18.3 Å². The summed E-state index contributed by atoms with van der Waals surface area (Å²) in [5.74, 6) is -0.138. The summed E-state index contributed by atoms with van der Waals surface area (Å²) >= 11 is 0. The van der Waals surface area contributed by atoms with Crippen LogP contribution in [0.3, 0.4) is 0 Å². The smallest absolute Gasteiger partial charge is 0.251 e. The van der Waals surface area contributed by atoms with E-state index in [1.807, 2.05) is 26.2 Å². The lowest BCUT2D eigenvalue weighted by atomic mass is 10.0. The number of nitrogens with zero attached hydrogens (tertiary/aromatic N) is 5. The number of hydrogen-bond donors (Lipinski definition) is 1. The number of amides is 1. The van der Waals surface area contributed by atoms with Gasteiger partial charge in [0.15, 0.2) is 5.65 Å². The highest BCUT2D eigenvalue weighted by atomic mass is 16.1. The highest BCUT2D eigenvalue weighted by Gasteiger charge is 2.17. The van der Waals surface area contributed by atoms with Gasteiger partial charge in [0.05, 0.1) is 6.04 Å². The van der Waals surface area contributed by atoms with Gasteiger partial charge in [0.1, 0.15) is 0 Å². The highest BCUT2D eigenvalue weighted by Crippen LogP contribution is 2.21. The van der Waals surface area contributed by atoms with E-state index in [-0.39, 0.29) is 11.9 Å². The van der Waals surface area contributed by atoms with Gasteiger partial charge < -0.3 is 10.2 Å². The van der Waals surface area contributed by atoms with Crippen LogP contribution in [0.2, 0.25) is 0 Å². The maximum atomic E-state index is 12.4. The molecule has 0 bridgehead atoms. The number of rotatable bonds is 5. The zero-order valence-electron chi connectivity index (χ0n) is 14.0. The van der Waals surface area contributed by atoms with Crippen molar-refractivity contribution in [1.29, 1.82) is 0 Å². The second-order valence-electron chi connectivity index (χ2n) is 5.94. The molecule has 1 N–H and O–H groups in total. The summed E-state index contributed by atoms with van der Waals surface area (Å²) in [7, 11) is 4.02. The number of tetrazole rings is 1. The molecule has 1 atom stereocenters. The Balaban J connectivity index is 1.74. The Bertz CT molecular complexity index is 857. The van der Waals surface area contributed by atoms with Crippen molar-refractivity contribution in [3.8, 4) is 0 Å². The molecule has 124 valence electrons. The van der Waals surface area contributed by atoms with E-state index in [1.54, 1.807) is 18.3 Å². The standard InChI is InChI=1S/C17H20N6O/c1-12-6-4-5-7-14(12)15(22(2)3)11-18-17(24)13-8-9-23-16(10-13)19-20-21-23/h4-10,15H,11H2,1-3H3,(H,18,24). The second-order valence-corrected chi connectivity index (χ2v) is 5.94. The normalized spacial score (nSPS) is 12.5. The molecule has 0 radical (unpaired) electrons. The molecule has 24 heavy (non-hydrogen) atoms. The van der Waals surface area contributed by atoms with E-state index in [2.05, 4.69) is 44.8 Å². The van der Waals surface area contributed by atoms with Crippen LogP contribution >= 0.6 is 0 Å². The molecular formula is C17H20N6O. The van der Waals surface area contributed by atoms with Gasteiger partial charge in [-0.3, -0.25) is 4.79 Å². The van der Waals surface area contributed by atoms with Crippen LogP contribution in [-0.4, -0.2) is 51.5 Å². The molecule has 0 saturated heterocycles. The Labute approximate surface area is 140 Å². The minimum absolute atomic E-state index is 0.105. The number of aromatic nitrogens is 4. The van der Waals surface area contributed by atoms with Gasteiger partial charge in [-0.15, -0.1) is 5.10 Å². The zero-order chi connectivity index (χ0) is 17.1. The second kappa shape index (κ2) is 6.76. The molecule has 7 heteroatoms. The van der Waals surface area contributed by atoms with Crippen LogP contribution in [0, 0.1) is 6.92 Å². The SMILES string of the molecule is Cc1ccccc1C(CNC(=O)c1ccn2nnnc2c1)N(C)C. The molecular weight excluding hydrogens is 304 g/mol. The third kappa shape index (κ3) is 3.26. The number of nitrogens with one attached hydrogen (secondary N) is 1. The van der Waals surface area contributed by atoms with E-state index in [1.165, 1.54) is 15.6 Å². The molecule has 2 aromatic heterocycles. The summed E-state index contributed by atoms with van der Waals surface area (Å²) in [6.07, 6.45) is 1.68. The first-order chi connectivity index (χ1) is 11.6. The molecule has 2 heterocycles. The number of carbonyl (C=O) groups excluding carboxylic acids is 1. The van der Waals surface area contributed by atoms with Crippen LogP contribution in [-0.2, 0) is 0 Å². The summed E-state index contributed by atoms with van der Waals surface area (Å²) in [6, 6.07) is 11.7. The van der Waals surface area contributed by atoms with E-state index < -0.39 is 0 Å². The average molecular weight is 324 g/mol. The third-order valence-corrected chi connectivity index (χ3v) is 4.09. The van der Waals surface area contributed by atoms with Crippen molar-refractivity contribution < 1.29 is 4.79 Å². The minimum Gasteiger partial charge on any atom is -0.350 e. The lowest BCUT2D eigenvalue weighted by molar-refractivity contribution is 0.0942. The Kier molecular flexibility index (Phi) is 4.52. The lowest BCUT2D eigenvalue weighted by Gasteiger charge is -2.26. The third-order valence-electron chi connectivity index (χ3n) is 4.09. The predicted molar refractivity (Wildman–Crippen MR) is 90.7 cm³/mol. The van der Waals surface area contributed by atoms with E-state index in [9.17, 15) is 4.79 Å². The number of hydrogen-bond acceptors (Lipinski definition) is 5. The van der Waals surface area contributed by atoms with Crippen molar-refractivity contribution in [3.63, 3.8) is 0 Å². The van der Waals surface area contributed by atoms with Gasteiger partial charge in [-0.1, -0.05) is 24.3 Å². The van der Waals surface area contributed by atoms with Crippen molar-refractivity contribution >= 4 is 11.6 Å². The fraction of sp³-hybridized carbons (Fsp3) is 0.294. The number of fused-ring (bicyclic) bond motifs is 1. The van der Waals surface area contributed by atoms with Crippen molar-refractivity contribution in [1.82, 2.24) is 30.3 Å². The van der Waals surface area contributed by atoms with Crippen LogP contribution in [0.5, 0.6) is 0 Å². The minimum atomic E-state index is -0.138. The summed E-state index contributed by atoms with van der Waals surface area (Å²) in [5.41, 5.74) is 3.51. The van der Waals surface area contributed by atoms with Gasteiger partial charge in [0.25, 0.3) is 5.91 Å². The maximum Gasteiger partial charge on any atom is 0.251 e. The first-order valence-electron chi connectivity index (χ1n) is 7.74. The Morgan fingerprint density at radius 1 is 1.29 bits per heavy atom. The van der Waals surface area contributed by atoms with Crippen molar-refractivity contribution in [2.24, 2.45) is 0 Å². The van der Waals surface area contributed by atoms with Crippen LogP contribution in [0.15, 0.2) is 42.6 Å². The number of pyridine rings is 1. The van der Waals surface area contributed by atoms with E-state index in [4.69, 9.17) is 0 Å². The van der Waals surface area contributed by atoms with E-state index in [0.29, 0.717) is 17.8 Å². The number of benzene rings is 1. The average Bonchev–Trinajstić information content (AvgIpc) is 3.03. The fourth-order valence-corrected chi connectivity index (χ4v) is 2.70. The van der Waals surface area contributed by atoms with Gasteiger partial charge in [-0.2, -0.15) is 0 Å². The van der Waals surface area contributed by atoms with Gasteiger partial charge >= 0.3 is 0 Å². The highest BCUT2D eigenvalue weighted by molar-refractivity contribution is 5.94. The molecule has 3 aromatic rings. The number of likely N-dealkylation sites (N-methyl/N-ethyl adjacent to an activating group) is 1. The van der Waals surface area contributed by atoms with Crippen molar-refractivity contribution in [2.45, 2.75) is 13.0 Å². The summed E-state index contributed by atoms with van der Waals surface area (Å²) in [5, 5.41) is 14.2. The summed E-state index contributed by atoms with van der Waals surface area (Å²) in [4.78, 5) is 14.6. The summed E-state index contributed by atoms with van der Waals surface area (Å²) < 4.78 is 1.52. The molecule has 0 aliphatic heterocycles. The van der Waals surface area contributed by atoms with Crippen molar-refractivity contribution in [2.75, 3.05) is 20.6 Å². The summed E-state index contributed by atoms with van der Waals surface area (Å²) in [6.45, 7) is 2.60. The van der Waals surface area contributed by atoms with Gasteiger partial charge in [-0.05, 0) is 54.7 Å². The lowest BCUT2D eigenvalue weighted by Crippen LogP contribution is -2.35. The Morgan fingerprint density at radius 3 is 2.83 bits per heavy atom. The zero-order valence-corrected chi connectivity index (χ0v) is 14.0. The van der Waals surface area contributed by atoms with Crippen molar-refractivity contribution in [3.05, 3.63) is 59.3 Å². The van der Waals surface area contributed by atoms with Crippen LogP contribution in [0.1, 0.15) is 27.5 Å². The molecule has 3 rings (SSSR count). The first kappa shape index (κ1) is 16.1. The largest absolute Gasteiger partial charge is 0.350 e. The molecule has 0 saturated carbocycles. The van der Waals surface area contributed by atoms with Gasteiger partial charge in [-0.25, -0.2) is 4.52 Å². The quantitative estimate of drug-likeness (QED) is 0.769. The first-order valence-corrected chi connectivity index (χ1v) is 7.74. The van der Waals surface area contributed by atoms with Gasteiger partial charge in [0.2, 0.25) is 0 Å². The Hall–Kier alpha value is -2.80. The van der Waals surface area contributed by atoms with Crippen LogP contribution < -0.4 is 5.32 Å².